The highest BCUT2D eigenvalue weighted by Gasteiger charge is 2.30. The quantitative estimate of drug-likeness (QED) is 0.354. The molecule has 180 valence electrons. The van der Waals surface area contributed by atoms with Crippen LogP contribution in [0.5, 0.6) is 0 Å². The molecule has 4 aromatic rings. The van der Waals surface area contributed by atoms with Crippen LogP contribution in [-0.4, -0.2) is 21.4 Å². The van der Waals surface area contributed by atoms with E-state index >= 15 is 0 Å². The predicted octanol–water partition coefficient (Wildman–Crippen LogP) is 4.93. The van der Waals surface area contributed by atoms with Gasteiger partial charge in [0.1, 0.15) is 5.56 Å². The van der Waals surface area contributed by atoms with Crippen LogP contribution in [-0.2, 0) is 11.0 Å². The molecule has 2 amide bonds. The molecule has 7 nitrogen and oxygen atoms in total. The smallest absolute Gasteiger partial charge is 0.362 e. The summed E-state index contributed by atoms with van der Waals surface area (Å²) in [6, 6.07) is 15.3. The van der Waals surface area contributed by atoms with Crippen molar-refractivity contribution in [1.82, 2.24) is 9.55 Å². The highest BCUT2D eigenvalue weighted by Crippen LogP contribution is 2.35. The number of hydrogen-bond acceptors (Lipinski definition) is 3. The van der Waals surface area contributed by atoms with Crippen molar-refractivity contribution in [2.24, 2.45) is 0 Å². The molecule has 0 aliphatic carbocycles. The summed E-state index contributed by atoms with van der Waals surface area (Å²) < 4.78 is 39.6. The van der Waals surface area contributed by atoms with E-state index in [0.29, 0.717) is 22.5 Å². The number of aromatic amines is 1. The number of rotatable bonds is 4. The zero-order chi connectivity index (χ0) is 25.4. The molecule has 2 aromatic carbocycles. The Morgan fingerprint density at radius 3 is 2.44 bits per heavy atom. The van der Waals surface area contributed by atoms with E-state index in [1.807, 2.05) is 12.1 Å². The van der Waals surface area contributed by atoms with Crippen LogP contribution in [0.2, 0.25) is 0 Å². The zero-order valence-electron chi connectivity index (χ0n) is 18.4. The molecule has 3 N–H and O–H groups in total. The van der Waals surface area contributed by atoms with Gasteiger partial charge in [-0.3, -0.25) is 19.0 Å². The molecule has 0 fully saturated rings. The molecule has 2 aromatic heterocycles. The second-order valence-corrected chi connectivity index (χ2v) is 7.99. The third-order valence-corrected chi connectivity index (χ3v) is 5.65. The number of carbonyl (C=O) groups excluding carboxylic acids is 2. The normalized spacial score (nSPS) is 14.0. The number of nitrogens with zero attached hydrogens (tertiary/aromatic N) is 1. The summed E-state index contributed by atoms with van der Waals surface area (Å²) in [5, 5.41) is 5.39. The van der Waals surface area contributed by atoms with Crippen LogP contribution in [0.15, 0.2) is 83.9 Å². The van der Waals surface area contributed by atoms with E-state index < -0.39 is 23.2 Å². The predicted molar refractivity (Wildman–Crippen MR) is 129 cm³/mol. The number of pyridine rings is 1. The number of benzene rings is 2. The Morgan fingerprint density at radius 2 is 1.75 bits per heavy atom. The average Bonchev–Trinajstić information content (AvgIpc) is 3.46. The van der Waals surface area contributed by atoms with Crippen molar-refractivity contribution >= 4 is 34.8 Å². The molecular formula is C26H17F3N4O3. The van der Waals surface area contributed by atoms with Gasteiger partial charge in [-0.05, 0) is 66.7 Å². The Balaban J connectivity index is 1.39. The average molecular weight is 490 g/mol. The van der Waals surface area contributed by atoms with Gasteiger partial charge in [0.15, 0.2) is 0 Å². The standard InChI is InChI=1S/C26H17F3N4O3/c27-26(28,29)15-5-8-18(9-6-15)33-12-2-4-20(25(33)36)23(34)31-17-7-10-19-21(13-16-3-1-11-30-16)24(35)32-22(19)14-17/h1-14,30H,(H,31,34)(H,32,35). The van der Waals surface area contributed by atoms with Crippen molar-refractivity contribution in [1.29, 1.82) is 0 Å². The minimum atomic E-state index is -4.50. The molecule has 0 bridgehead atoms. The van der Waals surface area contributed by atoms with Gasteiger partial charge >= 0.3 is 6.18 Å². The molecule has 0 unspecified atom stereocenters. The van der Waals surface area contributed by atoms with Crippen LogP contribution in [0.4, 0.5) is 24.5 Å². The second-order valence-electron chi connectivity index (χ2n) is 7.99. The van der Waals surface area contributed by atoms with Crippen LogP contribution >= 0.6 is 0 Å². The lowest BCUT2D eigenvalue weighted by atomic mass is 10.1. The van der Waals surface area contributed by atoms with Gasteiger partial charge in [0, 0.05) is 35.0 Å². The molecule has 10 heteroatoms. The second kappa shape index (κ2) is 8.73. The first kappa shape index (κ1) is 22.9. The van der Waals surface area contributed by atoms with E-state index in [-0.39, 0.29) is 17.2 Å². The van der Waals surface area contributed by atoms with Crippen molar-refractivity contribution in [2.75, 3.05) is 10.6 Å². The van der Waals surface area contributed by atoms with Gasteiger partial charge in [-0.25, -0.2) is 0 Å². The molecular weight excluding hydrogens is 473 g/mol. The summed E-state index contributed by atoms with van der Waals surface area (Å²) in [7, 11) is 0. The topological polar surface area (TPSA) is 96.0 Å². The third kappa shape index (κ3) is 4.31. The van der Waals surface area contributed by atoms with Crippen molar-refractivity contribution in [2.45, 2.75) is 6.18 Å². The fraction of sp³-hybridized carbons (Fsp3) is 0.0385. The van der Waals surface area contributed by atoms with Gasteiger partial charge in [-0.15, -0.1) is 0 Å². The lowest BCUT2D eigenvalue weighted by Crippen LogP contribution is -2.27. The van der Waals surface area contributed by atoms with E-state index in [2.05, 4.69) is 15.6 Å². The molecule has 1 aliphatic heterocycles. The molecule has 0 radical (unpaired) electrons. The fourth-order valence-electron chi connectivity index (χ4n) is 3.88. The molecule has 0 atom stereocenters. The fourth-order valence-corrected chi connectivity index (χ4v) is 3.88. The maximum absolute atomic E-state index is 12.9. The first-order valence-corrected chi connectivity index (χ1v) is 10.7. The van der Waals surface area contributed by atoms with E-state index in [1.165, 1.54) is 18.3 Å². The molecule has 3 heterocycles. The number of fused-ring (bicyclic) bond motifs is 1. The first-order valence-electron chi connectivity index (χ1n) is 10.7. The third-order valence-electron chi connectivity index (χ3n) is 5.65. The van der Waals surface area contributed by atoms with E-state index in [1.54, 1.807) is 30.5 Å². The van der Waals surface area contributed by atoms with Gasteiger partial charge in [0.2, 0.25) is 0 Å². The number of hydrogen-bond donors (Lipinski definition) is 3. The summed E-state index contributed by atoms with van der Waals surface area (Å²) in [5.74, 6) is -0.988. The van der Waals surface area contributed by atoms with Gasteiger partial charge in [-0.2, -0.15) is 13.2 Å². The maximum Gasteiger partial charge on any atom is 0.416 e. The Labute approximate surface area is 201 Å². The Hall–Kier alpha value is -4.86. The minimum Gasteiger partial charge on any atom is -0.362 e. The van der Waals surface area contributed by atoms with E-state index in [4.69, 9.17) is 0 Å². The van der Waals surface area contributed by atoms with Gasteiger partial charge in [0.05, 0.1) is 16.8 Å². The van der Waals surface area contributed by atoms with Crippen LogP contribution in [0.25, 0.3) is 17.3 Å². The van der Waals surface area contributed by atoms with Gasteiger partial charge in [0.25, 0.3) is 17.4 Å². The van der Waals surface area contributed by atoms with Crippen molar-refractivity contribution in [3.8, 4) is 5.69 Å². The SMILES string of the molecule is O=C1Nc2cc(NC(=O)c3cccn(-c4ccc(C(F)(F)F)cc4)c3=O)ccc2C1=Cc1ccc[nH]1. The van der Waals surface area contributed by atoms with Crippen molar-refractivity contribution in [3.63, 3.8) is 0 Å². The Kier molecular flexibility index (Phi) is 5.56. The van der Waals surface area contributed by atoms with Gasteiger partial charge < -0.3 is 15.6 Å². The number of carbonyl (C=O) groups is 2. The van der Waals surface area contributed by atoms with Crippen LogP contribution in [0.1, 0.15) is 27.2 Å². The monoisotopic (exact) mass is 490 g/mol. The summed E-state index contributed by atoms with van der Waals surface area (Å²) in [6.45, 7) is 0. The summed E-state index contributed by atoms with van der Waals surface area (Å²) in [6.07, 6.45) is 0.324. The van der Waals surface area contributed by atoms with Crippen LogP contribution < -0.4 is 16.2 Å². The maximum atomic E-state index is 12.9. The lowest BCUT2D eigenvalue weighted by molar-refractivity contribution is -0.137. The summed E-state index contributed by atoms with van der Waals surface area (Å²) in [5.41, 5.74) is 1.20. The number of anilines is 2. The van der Waals surface area contributed by atoms with Crippen LogP contribution in [0.3, 0.4) is 0 Å². The molecule has 5 rings (SSSR count). The highest BCUT2D eigenvalue weighted by molar-refractivity contribution is 6.35. The Bertz CT molecular complexity index is 1570. The highest BCUT2D eigenvalue weighted by atomic mass is 19.4. The van der Waals surface area contributed by atoms with Crippen molar-refractivity contribution < 1.29 is 22.8 Å². The number of nitrogens with one attached hydrogen (secondary N) is 3. The number of amides is 2. The largest absolute Gasteiger partial charge is 0.416 e. The molecule has 1 aliphatic rings. The van der Waals surface area contributed by atoms with Gasteiger partial charge in [-0.1, -0.05) is 6.07 Å². The summed E-state index contributed by atoms with van der Waals surface area (Å²) >= 11 is 0. The van der Waals surface area contributed by atoms with Crippen molar-refractivity contribution in [3.05, 3.63) is 112 Å². The lowest BCUT2D eigenvalue weighted by Gasteiger charge is -2.11. The molecule has 36 heavy (non-hydrogen) atoms. The first-order chi connectivity index (χ1) is 17.2. The molecule has 0 spiro atoms. The van der Waals surface area contributed by atoms with E-state index in [0.717, 1.165) is 34.5 Å². The van der Waals surface area contributed by atoms with E-state index in [9.17, 15) is 27.6 Å². The molecule has 0 saturated heterocycles. The number of H-pyrrole nitrogens is 1. The Morgan fingerprint density at radius 1 is 0.972 bits per heavy atom. The van der Waals surface area contributed by atoms with Crippen LogP contribution in [0, 0.1) is 0 Å². The minimum absolute atomic E-state index is 0.185. The zero-order valence-corrected chi connectivity index (χ0v) is 18.4. The number of aromatic nitrogens is 2. The molecule has 0 saturated carbocycles. The number of halogens is 3. The summed E-state index contributed by atoms with van der Waals surface area (Å²) in [4.78, 5) is 41.2. The number of alkyl halides is 3.